The van der Waals surface area contributed by atoms with E-state index >= 15 is 0 Å². The quantitative estimate of drug-likeness (QED) is 0.885. The number of halogens is 2. The highest BCUT2D eigenvalue weighted by Gasteiger charge is 2.33. The number of piperazine rings is 1. The molecule has 5 nitrogen and oxygen atoms in total. The monoisotopic (exact) mass is 313 g/mol. The van der Waals surface area contributed by atoms with Gasteiger partial charge in [0.25, 0.3) is 5.91 Å². The lowest BCUT2D eigenvalue weighted by Gasteiger charge is -2.36. The minimum Gasteiger partial charge on any atom is -0.347 e. The number of rotatable bonds is 2. The smallest absolute Gasteiger partial charge is 0.254 e. The first-order chi connectivity index (χ1) is 9.91. The zero-order chi connectivity index (χ0) is 15.6. The van der Waals surface area contributed by atoms with E-state index in [1.807, 2.05) is 0 Å². The minimum absolute atomic E-state index is 0.0345. The van der Waals surface area contributed by atoms with Gasteiger partial charge in [0, 0.05) is 39.3 Å². The Morgan fingerprint density at radius 2 is 2.14 bits per heavy atom. The molecule has 0 aromatic heterocycles. The Morgan fingerprint density at radius 3 is 2.76 bits per heavy atom. The van der Waals surface area contributed by atoms with Crippen LogP contribution in [0.3, 0.4) is 0 Å². The van der Waals surface area contributed by atoms with Crippen LogP contribution in [0.2, 0.25) is 5.02 Å². The topological polar surface area (TPSA) is 52.7 Å². The van der Waals surface area contributed by atoms with Gasteiger partial charge in [-0.2, -0.15) is 0 Å². The second-order valence-corrected chi connectivity index (χ2v) is 5.49. The zero-order valence-electron chi connectivity index (χ0n) is 11.9. The molecule has 0 saturated carbocycles. The van der Waals surface area contributed by atoms with Crippen molar-refractivity contribution in [2.24, 2.45) is 0 Å². The molecule has 114 valence electrons. The van der Waals surface area contributed by atoms with Crippen molar-refractivity contribution in [1.82, 2.24) is 15.1 Å². The number of nitrogens with one attached hydrogen (secondary N) is 1. The van der Waals surface area contributed by atoms with Gasteiger partial charge in [-0.05, 0) is 18.2 Å². The van der Waals surface area contributed by atoms with Gasteiger partial charge in [0.1, 0.15) is 11.9 Å². The molecule has 2 amide bonds. The molecule has 1 N–H and O–H groups in total. The number of likely N-dealkylation sites (N-methyl/N-ethyl adjacent to an activating group) is 1. The summed E-state index contributed by atoms with van der Waals surface area (Å²) in [6, 6.07) is 3.33. The molecule has 1 saturated heterocycles. The lowest BCUT2D eigenvalue weighted by Crippen LogP contribution is -2.59. The van der Waals surface area contributed by atoms with Crippen LogP contribution in [0.25, 0.3) is 0 Å². The van der Waals surface area contributed by atoms with Gasteiger partial charge < -0.3 is 15.1 Å². The van der Waals surface area contributed by atoms with Gasteiger partial charge in [-0.1, -0.05) is 11.6 Å². The third-order valence-electron chi connectivity index (χ3n) is 3.40. The van der Waals surface area contributed by atoms with E-state index in [9.17, 15) is 14.0 Å². The fraction of sp³-hybridized carbons (Fsp3) is 0.429. The highest BCUT2D eigenvalue weighted by Crippen LogP contribution is 2.18. The van der Waals surface area contributed by atoms with E-state index in [1.165, 1.54) is 21.9 Å². The van der Waals surface area contributed by atoms with Crippen LogP contribution in [-0.4, -0.2) is 61.4 Å². The van der Waals surface area contributed by atoms with Gasteiger partial charge in [0.15, 0.2) is 0 Å². The van der Waals surface area contributed by atoms with Crippen LogP contribution in [0.1, 0.15) is 10.4 Å². The fourth-order valence-electron chi connectivity index (χ4n) is 2.26. The first kappa shape index (κ1) is 15.7. The molecular weight excluding hydrogens is 297 g/mol. The van der Waals surface area contributed by atoms with Gasteiger partial charge in [-0.3, -0.25) is 9.59 Å². The van der Waals surface area contributed by atoms with Crippen LogP contribution in [0.15, 0.2) is 18.2 Å². The summed E-state index contributed by atoms with van der Waals surface area (Å²) in [5.41, 5.74) is 0.190. The highest BCUT2D eigenvalue weighted by atomic mass is 35.5. The van der Waals surface area contributed by atoms with Crippen LogP contribution in [0.5, 0.6) is 0 Å². The van der Waals surface area contributed by atoms with Crippen LogP contribution in [0, 0.1) is 5.82 Å². The minimum atomic E-state index is -0.645. The Labute approximate surface area is 127 Å². The Balaban J connectivity index is 2.26. The molecule has 0 spiro atoms. The molecule has 21 heavy (non-hydrogen) atoms. The van der Waals surface area contributed by atoms with Crippen molar-refractivity contribution in [3.63, 3.8) is 0 Å². The van der Waals surface area contributed by atoms with E-state index in [1.54, 1.807) is 14.1 Å². The predicted octanol–water partition coefficient (Wildman–Crippen LogP) is 0.981. The maximum Gasteiger partial charge on any atom is 0.254 e. The molecule has 1 aromatic rings. The molecule has 1 fully saturated rings. The Bertz CT molecular complexity index is 565. The SMILES string of the molecule is CN(C)C(=O)C1CNCCN1C(=O)c1ccc(Cl)c(F)c1. The highest BCUT2D eigenvalue weighted by molar-refractivity contribution is 6.30. The van der Waals surface area contributed by atoms with Gasteiger partial charge in [0.05, 0.1) is 5.02 Å². The molecule has 0 radical (unpaired) electrons. The standard InChI is InChI=1S/C14H17ClFN3O2/c1-18(2)14(21)12-8-17-5-6-19(12)13(20)9-3-4-10(15)11(16)7-9/h3-4,7,12,17H,5-6,8H2,1-2H3. The number of hydrogen-bond donors (Lipinski definition) is 1. The maximum atomic E-state index is 13.5. The normalized spacial score (nSPS) is 18.5. The lowest BCUT2D eigenvalue weighted by molar-refractivity contribution is -0.134. The van der Waals surface area contributed by atoms with Crippen LogP contribution < -0.4 is 5.32 Å². The van der Waals surface area contributed by atoms with Crippen molar-refractivity contribution in [1.29, 1.82) is 0 Å². The van der Waals surface area contributed by atoms with E-state index in [0.717, 1.165) is 6.07 Å². The van der Waals surface area contributed by atoms with Gasteiger partial charge in [-0.25, -0.2) is 4.39 Å². The number of amides is 2. The van der Waals surface area contributed by atoms with E-state index in [-0.39, 0.29) is 22.4 Å². The molecule has 1 aliphatic heterocycles. The van der Waals surface area contributed by atoms with Crippen LogP contribution >= 0.6 is 11.6 Å². The van der Waals surface area contributed by atoms with Crippen molar-refractivity contribution in [3.8, 4) is 0 Å². The molecular formula is C14H17ClFN3O2. The summed E-state index contributed by atoms with van der Waals surface area (Å²) in [6.45, 7) is 1.38. The zero-order valence-corrected chi connectivity index (χ0v) is 12.7. The van der Waals surface area contributed by atoms with Crippen molar-refractivity contribution in [2.45, 2.75) is 6.04 Å². The Kier molecular flexibility index (Phi) is 4.80. The largest absolute Gasteiger partial charge is 0.347 e. The molecule has 2 rings (SSSR count). The Hall–Kier alpha value is -1.66. The molecule has 0 aliphatic carbocycles. The summed E-state index contributed by atoms with van der Waals surface area (Å²) in [5, 5.41) is 3.06. The van der Waals surface area contributed by atoms with E-state index in [0.29, 0.717) is 19.6 Å². The molecule has 1 aliphatic rings. The number of nitrogens with zero attached hydrogens (tertiary/aromatic N) is 2. The number of carbonyl (C=O) groups is 2. The van der Waals surface area contributed by atoms with Gasteiger partial charge in [-0.15, -0.1) is 0 Å². The second kappa shape index (κ2) is 6.41. The molecule has 7 heteroatoms. The van der Waals surface area contributed by atoms with Crippen molar-refractivity contribution in [3.05, 3.63) is 34.6 Å². The average Bonchev–Trinajstić information content (AvgIpc) is 2.48. The first-order valence-electron chi connectivity index (χ1n) is 6.59. The number of benzene rings is 1. The van der Waals surface area contributed by atoms with Crippen LogP contribution in [-0.2, 0) is 4.79 Å². The molecule has 1 atom stereocenters. The van der Waals surface area contributed by atoms with Crippen molar-refractivity contribution >= 4 is 23.4 Å². The molecule has 1 unspecified atom stereocenters. The van der Waals surface area contributed by atoms with E-state index < -0.39 is 11.9 Å². The molecule has 0 bridgehead atoms. The third-order valence-corrected chi connectivity index (χ3v) is 3.70. The summed E-state index contributed by atoms with van der Waals surface area (Å²) < 4.78 is 13.5. The average molecular weight is 314 g/mol. The first-order valence-corrected chi connectivity index (χ1v) is 6.97. The van der Waals surface area contributed by atoms with Crippen LogP contribution in [0.4, 0.5) is 4.39 Å². The summed E-state index contributed by atoms with van der Waals surface area (Å²) in [5.74, 6) is -1.18. The van der Waals surface area contributed by atoms with E-state index in [4.69, 9.17) is 11.6 Å². The van der Waals surface area contributed by atoms with Gasteiger partial charge >= 0.3 is 0 Å². The van der Waals surface area contributed by atoms with Crippen molar-refractivity contribution < 1.29 is 14.0 Å². The predicted molar refractivity (Wildman–Crippen MR) is 77.8 cm³/mol. The number of carbonyl (C=O) groups excluding carboxylic acids is 2. The molecule has 1 heterocycles. The molecule has 1 aromatic carbocycles. The fourth-order valence-corrected chi connectivity index (χ4v) is 2.38. The summed E-state index contributed by atoms with van der Waals surface area (Å²) in [6.07, 6.45) is 0. The Morgan fingerprint density at radius 1 is 1.43 bits per heavy atom. The lowest BCUT2D eigenvalue weighted by atomic mass is 10.1. The maximum absolute atomic E-state index is 13.5. The summed E-state index contributed by atoms with van der Waals surface area (Å²) >= 11 is 5.62. The summed E-state index contributed by atoms with van der Waals surface area (Å²) in [4.78, 5) is 27.6. The second-order valence-electron chi connectivity index (χ2n) is 5.08. The van der Waals surface area contributed by atoms with Gasteiger partial charge in [0.2, 0.25) is 5.91 Å². The summed E-state index contributed by atoms with van der Waals surface area (Å²) in [7, 11) is 3.28. The van der Waals surface area contributed by atoms with E-state index in [2.05, 4.69) is 5.32 Å². The number of hydrogen-bond acceptors (Lipinski definition) is 3. The van der Waals surface area contributed by atoms with Crippen molar-refractivity contribution in [2.75, 3.05) is 33.7 Å². The third kappa shape index (κ3) is 3.33.